The normalized spacial score (nSPS) is 17.9. The van der Waals surface area contributed by atoms with Crippen LogP contribution < -0.4 is 15.5 Å². The van der Waals surface area contributed by atoms with Crippen molar-refractivity contribution >= 4 is 23.0 Å². The number of hydrogen-bond donors (Lipinski definition) is 2. The van der Waals surface area contributed by atoms with Crippen molar-refractivity contribution in [1.29, 1.82) is 0 Å². The highest BCUT2D eigenvalue weighted by molar-refractivity contribution is 5.75. The van der Waals surface area contributed by atoms with Crippen molar-refractivity contribution in [3.05, 3.63) is 36.2 Å². The molecular formula is C21H30N6O2. The van der Waals surface area contributed by atoms with Crippen molar-refractivity contribution in [3.63, 3.8) is 0 Å². The Bertz CT molecular complexity index is 790. The number of nitrogens with zero attached hydrogens (tertiary/aromatic N) is 4. The molecule has 0 bridgehead atoms. The summed E-state index contributed by atoms with van der Waals surface area (Å²) >= 11 is 0. The fraction of sp³-hybridized carbons (Fsp3) is 0.524. The summed E-state index contributed by atoms with van der Waals surface area (Å²) in [5.41, 5.74) is 2.22. The molecule has 2 N–H and O–H groups in total. The first-order valence-corrected chi connectivity index (χ1v) is 10.4. The maximum atomic E-state index is 5.49. The number of ether oxygens (including phenoxy) is 2. The minimum absolute atomic E-state index is 0.743. The van der Waals surface area contributed by atoms with Gasteiger partial charge in [-0.1, -0.05) is 12.1 Å². The summed E-state index contributed by atoms with van der Waals surface area (Å²) in [6.45, 7) is 10.7. The first-order chi connectivity index (χ1) is 14.3. The van der Waals surface area contributed by atoms with Crippen LogP contribution in [0.25, 0.3) is 0 Å². The summed E-state index contributed by atoms with van der Waals surface area (Å²) in [7, 11) is 0. The highest BCUT2D eigenvalue weighted by Gasteiger charge is 2.15. The summed E-state index contributed by atoms with van der Waals surface area (Å²) in [5.74, 6) is 2.39. The maximum Gasteiger partial charge on any atom is 0.136 e. The van der Waals surface area contributed by atoms with Crippen LogP contribution >= 0.6 is 0 Å². The predicted molar refractivity (Wildman–Crippen MR) is 115 cm³/mol. The third-order valence-electron chi connectivity index (χ3n) is 5.19. The van der Waals surface area contributed by atoms with Crippen LogP contribution in [0.2, 0.25) is 0 Å². The van der Waals surface area contributed by atoms with Gasteiger partial charge in [-0.25, -0.2) is 9.97 Å². The number of benzene rings is 1. The van der Waals surface area contributed by atoms with Crippen LogP contribution in [0.3, 0.4) is 0 Å². The molecule has 0 atom stereocenters. The molecule has 2 saturated heterocycles. The Hall–Kier alpha value is -2.42. The molecule has 8 nitrogen and oxygen atoms in total. The summed E-state index contributed by atoms with van der Waals surface area (Å²) in [4.78, 5) is 13.9. The summed E-state index contributed by atoms with van der Waals surface area (Å²) in [5, 5.41) is 6.93. The van der Waals surface area contributed by atoms with Crippen molar-refractivity contribution in [1.82, 2.24) is 14.9 Å². The van der Waals surface area contributed by atoms with Gasteiger partial charge in [0.1, 0.15) is 17.5 Å². The standard InChI is InChI=1S/C21H30N6O2/c1-17-23-20(22-6-7-26-8-12-28-13-9-26)16-21(24-17)25-18-4-2-3-5-19(18)27-10-14-29-15-11-27/h2-5,16H,6-15H2,1H3,(H2,22,23,24,25). The fourth-order valence-electron chi connectivity index (χ4n) is 3.69. The van der Waals surface area contributed by atoms with E-state index in [-0.39, 0.29) is 0 Å². The second kappa shape index (κ2) is 9.87. The van der Waals surface area contributed by atoms with Crippen LogP contribution in [0.1, 0.15) is 5.82 Å². The molecule has 2 aliphatic heterocycles. The maximum absolute atomic E-state index is 5.49. The van der Waals surface area contributed by atoms with Gasteiger partial charge in [-0.05, 0) is 19.1 Å². The van der Waals surface area contributed by atoms with E-state index in [1.54, 1.807) is 0 Å². The largest absolute Gasteiger partial charge is 0.379 e. The van der Waals surface area contributed by atoms with E-state index in [9.17, 15) is 0 Å². The van der Waals surface area contributed by atoms with Gasteiger partial charge >= 0.3 is 0 Å². The average molecular weight is 399 g/mol. The van der Waals surface area contributed by atoms with Crippen LogP contribution in [0, 0.1) is 6.92 Å². The predicted octanol–water partition coefficient (Wildman–Crippen LogP) is 2.11. The summed E-state index contributed by atoms with van der Waals surface area (Å²) < 4.78 is 10.9. The van der Waals surface area contributed by atoms with Gasteiger partial charge in [-0.15, -0.1) is 0 Å². The van der Waals surface area contributed by atoms with Crippen LogP contribution in [-0.2, 0) is 9.47 Å². The molecule has 1 aromatic carbocycles. The van der Waals surface area contributed by atoms with Gasteiger partial charge in [0.15, 0.2) is 0 Å². The molecule has 0 amide bonds. The van der Waals surface area contributed by atoms with Gasteiger partial charge in [0.05, 0.1) is 37.8 Å². The molecule has 8 heteroatoms. The Kier molecular flexibility index (Phi) is 6.76. The van der Waals surface area contributed by atoms with Crippen LogP contribution in [0.4, 0.5) is 23.0 Å². The molecule has 2 aliphatic rings. The number of anilines is 4. The average Bonchev–Trinajstić information content (AvgIpc) is 2.75. The third kappa shape index (κ3) is 5.56. The first kappa shape index (κ1) is 19.9. The van der Waals surface area contributed by atoms with Crippen molar-refractivity contribution in [2.45, 2.75) is 6.92 Å². The number of para-hydroxylation sites is 2. The van der Waals surface area contributed by atoms with Gasteiger partial charge in [-0.2, -0.15) is 0 Å². The van der Waals surface area contributed by atoms with Crippen LogP contribution in [-0.4, -0.2) is 80.6 Å². The Balaban J connectivity index is 1.41. The van der Waals surface area contributed by atoms with Crippen molar-refractivity contribution in [2.24, 2.45) is 0 Å². The first-order valence-electron chi connectivity index (χ1n) is 10.4. The zero-order valence-corrected chi connectivity index (χ0v) is 17.1. The molecule has 3 heterocycles. The summed E-state index contributed by atoms with van der Waals surface area (Å²) in [6.07, 6.45) is 0. The van der Waals surface area contributed by atoms with E-state index in [2.05, 4.69) is 48.6 Å². The van der Waals surface area contributed by atoms with Gasteiger partial charge in [0, 0.05) is 45.3 Å². The lowest BCUT2D eigenvalue weighted by Crippen LogP contribution is -2.39. The van der Waals surface area contributed by atoms with Crippen LogP contribution in [0.5, 0.6) is 0 Å². The number of aryl methyl sites for hydroxylation is 1. The molecular weight excluding hydrogens is 368 g/mol. The molecule has 156 valence electrons. The highest BCUT2D eigenvalue weighted by Crippen LogP contribution is 2.29. The lowest BCUT2D eigenvalue weighted by molar-refractivity contribution is 0.0398. The number of nitrogens with one attached hydrogen (secondary N) is 2. The van der Waals surface area contributed by atoms with E-state index in [0.717, 1.165) is 88.8 Å². The quantitative estimate of drug-likeness (QED) is 0.735. The minimum Gasteiger partial charge on any atom is -0.379 e. The number of aromatic nitrogens is 2. The fourth-order valence-corrected chi connectivity index (χ4v) is 3.69. The molecule has 0 radical (unpaired) electrons. The molecule has 2 fully saturated rings. The number of morpholine rings is 2. The molecule has 4 rings (SSSR count). The lowest BCUT2D eigenvalue weighted by atomic mass is 10.2. The van der Waals surface area contributed by atoms with Gasteiger partial charge in [-0.3, -0.25) is 4.90 Å². The van der Waals surface area contributed by atoms with E-state index in [1.165, 1.54) is 5.69 Å². The summed E-state index contributed by atoms with van der Waals surface area (Å²) in [6, 6.07) is 10.3. The van der Waals surface area contributed by atoms with Crippen molar-refractivity contribution in [3.8, 4) is 0 Å². The van der Waals surface area contributed by atoms with Crippen molar-refractivity contribution in [2.75, 3.05) is 81.2 Å². The molecule has 0 spiro atoms. The Morgan fingerprint density at radius 3 is 2.41 bits per heavy atom. The Labute approximate surface area is 172 Å². The third-order valence-corrected chi connectivity index (χ3v) is 5.19. The topological polar surface area (TPSA) is 74.8 Å². The second-order valence-electron chi connectivity index (χ2n) is 7.31. The van der Waals surface area contributed by atoms with Crippen molar-refractivity contribution < 1.29 is 9.47 Å². The zero-order valence-electron chi connectivity index (χ0n) is 17.1. The molecule has 0 unspecified atom stereocenters. The monoisotopic (exact) mass is 398 g/mol. The van der Waals surface area contributed by atoms with Crippen LogP contribution in [0.15, 0.2) is 30.3 Å². The minimum atomic E-state index is 0.743. The van der Waals surface area contributed by atoms with E-state index >= 15 is 0 Å². The number of rotatable bonds is 7. The Morgan fingerprint density at radius 1 is 0.931 bits per heavy atom. The molecule has 1 aromatic heterocycles. The smallest absolute Gasteiger partial charge is 0.136 e. The van der Waals surface area contributed by atoms with Gasteiger partial charge in [0.2, 0.25) is 0 Å². The highest BCUT2D eigenvalue weighted by atomic mass is 16.5. The molecule has 0 saturated carbocycles. The molecule has 0 aliphatic carbocycles. The molecule has 29 heavy (non-hydrogen) atoms. The van der Waals surface area contributed by atoms with Gasteiger partial charge in [0.25, 0.3) is 0 Å². The SMILES string of the molecule is Cc1nc(NCCN2CCOCC2)cc(Nc2ccccc2N2CCOCC2)n1. The Morgan fingerprint density at radius 2 is 1.62 bits per heavy atom. The number of hydrogen-bond acceptors (Lipinski definition) is 8. The molecule has 2 aromatic rings. The second-order valence-corrected chi connectivity index (χ2v) is 7.31. The lowest BCUT2D eigenvalue weighted by Gasteiger charge is -2.30. The van der Waals surface area contributed by atoms with Gasteiger partial charge < -0.3 is 25.0 Å². The van der Waals surface area contributed by atoms with E-state index in [4.69, 9.17) is 9.47 Å². The van der Waals surface area contributed by atoms with E-state index in [1.807, 2.05) is 19.1 Å². The van der Waals surface area contributed by atoms with E-state index in [0.29, 0.717) is 0 Å². The zero-order chi connectivity index (χ0) is 19.9. The van der Waals surface area contributed by atoms with E-state index < -0.39 is 0 Å².